The molecule has 0 spiro atoms. The zero-order valence-electron chi connectivity index (χ0n) is 17.8. The van der Waals surface area contributed by atoms with E-state index in [4.69, 9.17) is 32.7 Å². The van der Waals surface area contributed by atoms with Crippen molar-refractivity contribution in [2.24, 2.45) is 5.92 Å². The minimum absolute atomic E-state index is 0.0127. The molecule has 1 aromatic carbocycles. The number of halogens is 2. The van der Waals surface area contributed by atoms with E-state index in [1.165, 1.54) is 12.1 Å². The highest BCUT2D eigenvalue weighted by Gasteiger charge is 2.44. The molecule has 0 radical (unpaired) electrons. The van der Waals surface area contributed by atoms with E-state index < -0.39 is 23.7 Å². The van der Waals surface area contributed by atoms with Gasteiger partial charge in [-0.25, -0.2) is 0 Å². The summed E-state index contributed by atoms with van der Waals surface area (Å²) < 4.78 is 10.2. The number of nitriles is 1. The number of benzene rings is 1. The van der Waals surface area contributed by atoms with Crippen LogP contribution in [0, 0.1) is 17.2 Å². The van der Waals surface area contributed by atoms with Crippen LogP contribution in [0.1, 0.15) is 31.7 Å². The fraction of sp³-hybridized carbons (Fsp3) is 0.429. The Hall–Kier alpha value is -2.41. The number of thioether (sulfide) groups is 1. The van der Waals surface area contributed by atoms with Gasteiger partial charge >= 0.3 is 5.97 Å². The molecule has 11 heteroatoms. The third kappa shape index (κ3) is 5.88. The molecule has 0 fully saturated rings. The molecule has 2 rings (SSSR count). The van der Waals surface area contributed by atoms with Gasteiger partial charge in [-0.2, -0.15) is 5.26 Å². The van der Waals surface area contributed by atoms with Crippen LogP contribution in [0.25, 0.3) is 0 Å². The van der Waals surface area contributed by atoms with Crippen LogP contribution in [0.4, 0.5) is 0 Å². The van der Waals surface area contributed by atoms with Crippen LogP contribution in [0.3, 0.4) is 0 Å². The van der Waals surface area contributed by atoms with Crippen LogP contribution in [-0.2, 0) is 19.1 Å². The third-order valence-electron chi connectivity index (χ3n) is 4.57. The van der Waals surface area contributed by atoms with Crippen molar-refractivity contribution >= 4 is 52.7 Å². The summed E-state index contributed by atoms with van der Waals surface area (Å²) in [6.45, 7) is 4.55. The van der Waals surface area contributed by atoms with Crippen LogP contribution >= 0.6 is 35.0 Å². The predicted molar refractivity (Wildman–Crippen MR) is 122 cm³/mol. The lowest BCUT2D eigenvalue weighted by atomic mass is 9.78. The molecule has 0 bridgehead atoms. The largest absolute Gasteiger partial charge is 0.491 e. The summed E-state index contributed by atoms with van der Waals surface area (Å²) in [5.41, 5.74) is 0.475. The number of ether oxygens (including phenoxy) is 2. The van der Waals surface area contributed by atoms with E-state index in [9.17, 15) is 19.6 Å². The molecular weight excluding hydrogens is 477 g/mol. The van der Waals surface area contributed by atoms with Crippen molar-refractivity contribution in [2.75, 3.05) is 26.0 Å². The van der Waals surface area contributed by atoms with Gasteiger partial charge in [0.15, 0.2) is 5.75 Å². The SMILES string of the molecule is CCCNC(=O)CSC1=C(C#N)[C@H](c2cc(Cl)c(OCC)c(Cl)c2)[C@@H](C(=O)OC)C(=O)N1. The summed E-state index contributed by atoms with van der Waals surface area (Å²) >= 11 is 13.7. The molecule has 0 unspecified atom stereocenters. The summed E-state index contributed by atoms with van der Waals surface area (Å²) in [6, 6.07) is 5.08. The van der Waals surface area contributed by atoms with Crippen molar-refractivity contribution in [3.63, 3.8) is 0 Å². The Morgan fingerprint density at radius 3 is 2.47 bits per heavy atom. The van der Waals surface area contributed by atoms with Gasteiger partial charge in [-0.1, -0.05) is 41.9 Å². The standard InChI is InChI=1S/C21H23Cl2N3O5S/c1-4-6-25-15(27)10-32-20-12(9-24)16(17(19(28)26-20)21(29)30-3)11-7-13(22)18(31-5-2)14(23)8-11/h7-8,16-17H,4-6,10H2,1-3H3,(H,25,27)(H,26,28)/t16-,17+/m0/s1. The number of hydrogen-bond donors (Lipinski definition) is 2. The van der Waals surface area contributed by atoms with Crippen LogP contribution in [0.2, 0.25) is 10.0 Å². The quantitative estimate of drug-likeness (QED) is 0.394. The first-order chi connectivity index (χ1) is 15.3. The molecule has 1 aliphatic rings. The molecule has 172 valence electrons. The number of rotatable bonds is 9. The molecule has 1 aliphatic heterocycles. The zero-order valence-corrected chi connectivity index (χ0v) is 20.1. The minimum atomic E-state index is -1.34. The van der Waals surface area contributed by atoms with Crippen molar-refractivity contribution in [3.05, 3.63) is 38.3 Å². The van der Waals surface area contributed by atoms with Gasteiger partial charge < -0.3 is 20.1 Å². The van der Waals surface area contributed by atoms with Crippen LogP contribution in [0.15, 0.2) is 22.7 Å². The second kappa shape index (κ2) is 12.0. The van der Waals surface area contributed by atoms with Crippen molar-refractivity contribution in [2.45, 2.75) is 26.2 Å². The fourth-order valence-electron chi connectivity index (χ4n) is 3.17. The zero-order chi connectivity index (χ0) is 23.8. The first-order valence-corrected chi connectivity index (χ1v) is 11.6. The van der Waals surface area contributed by atoms with Crippen molar-refractivity contribution in [1.82, 2.24) is 10.6 Å². The Morgan fingerprint density at radius 1 is 1.28 bits per heavy atom. The summed E-state index contributed by atoms with van der Waals surface area (Å²) in [4.78, 5) is 37.3. The van der Waals surface area contributed by atoms with Gasteiger partial charge in [-0.15, -0.1) is 0 Å². The summed E-state index contributed by atoms with van der Waals surface area (Å²) in [5.74, 6) is -3.80. The van der Waals surface area contributed by atoms with E-state index >= 15 is 0 Å². The Labute approximate surface area is 200 Å². The van der Waals surface area contributed by atoms with E-state index in [1.807, 2.05) is 6.92 Å². The summed E-state index contributed by atoms with van der Waals surface area (Å²) in [6.07, 6.45) is 0.779. The maximum atomic E-state index is 12.8. The molecule has 0 saturated heterocycles. The molecule has 32 heavy (non-hydrogen) atoms. The topological polar surface area (TPSA) is 118 Å². The van der Waals surface area contributed by atoms with Gasteiger partial charge in [0.2, 0.25) is 11.8 Å². The number of amides is 2. The van der Waals surface area contributed by atoms with Gasteiger partial charge in [0.25, 0.3) is 0 Å². The molecule has 2 N–H and O–H groups in total. The van der Waals surface area contributed by atoms with Gasteiger partial charge in [0.05, 0.1) is 46.2 Å². The average molecular weight is 500 g/mol. The molecule has 2 amide bonds. The predicted octanol–water partition coefficient (Wildman–Crippen LogP) is 3.39. The van der Waals surface area contributed by atoms with E-state index in [1.54, 1.807) is 6.92 Å². The number of esters is 1. The lowest BCUT2D eigenvalue weighted by molar-refractivity contribution is -0.150. The Kier molecular flexibility index (Phi) is 9.69. The number of carbonyl (C=O) groups is 3. The third-order valence-corrected chi connectivity index (χ3v) is 6.15. The van der Waals surface area contributed by atoms with E-state index in [0.717, 1.165) is 25.3 Å². The molecule has 0 aromatic heterocycles. The Bertz CT molecular complexity index is 954. The van der Waals surface area contributed by atoms with Crippen molar-refractivity contribution < 1.29 is 23.9 Å². The summed E-state index contributed by atoms with van der Waals surface area (Å²) in [7, 11) is 1.16. The molecule has 8 nitrogen and oxygen atoms in total. The molecule has 2 atom stereocenters. The van der Waals surface area contributed by atoms with Gasteiger partial charge in [-0.3, -0.25) is 14.4 Å². The highest BCUT2D eigenvalue weighted by molar-refractivity contribution is 8.03. The number of nitrogens with one attached hydrogen (secondary N) is 2. The summed E-state index contributed by atoms with van der Waals surface area (Å²) in [5, 5.41) is 15.8. The number of carbonyl (C=O) groups excluding carboxylic acids is 3. The molecule has 1 heterocycles. The van der Waals surface area contributed by atoms with E-state index in [0.29, 0.717) is 18.7 Å². The van der Waals surface area contributed by atoms with Crippen LogP contribution in [-0.4, -0.2) is 43.8 Å². The molecule has 1 aromatic rings. The van der Waals surface area contributed by atoms with Crippen molar-refractivity contribution in [1.29, 1.82) is 5.26 Å². The maximum Gasteiger partial charge on any atom is 0.319 e. The maximum absolute atomic E-state index is 12.8. The minimum Gasteiger partial charge on any atom is -0.491 e. The molecule has 0 aliphatic carbocycles. The van der Waals surface area contributed by atoms with Gasteiger partial charge in [-0.05, 0) is 31.0 Å². The lowest BCUT2D eigenvalue weighted by Crippen LogP contribution is -2.44. The van der Waals surface area contributed by atoms with Gasteiger partial charge in [0, 0.05) is 12.5 Å². The number of hydrogen-bond acceptors (Lipinski definition) is 7. The van der Waals surface area contributed by atoms with Crippen molar-refractivity contribution in [3.8, 4) is 11.8 Å². The smallest absolute Gasteiger partial charge is 0.319 e. The van der Waals surface area contributed by atoms with Crippen LogP contribution < -0.4 is 15.4 Å². The number of nitrogens with zero attached hydrogens (tertiary/aromatic N) is 1. The number of methoxy groups -OCH3 is 1. The van der Waals surface area contributed by atoms with E-state index in [-0.39, 0.29) is 38.1 Å². The lowest BCUT2D eigenvalue weighted by Gasteiger charge is -2.31. The Balaban J connectivity index is 2.54. The average Bonchev–Trinajstić information content (AvgIpc) is 2.77. The first-order valence-electron chi connectivity index (χ1n) is 9.83. The highest BCUT2D eigenvalue weighted by Crippen LogP contribution is 2.44. The van der Waals surface area contributed by atoms with Gasteiger partial charge in [0.1, 0.15) is 5.92 Å². The normalized spacial score (nSPS) is 17.9. The Morgan fingerprint density at radius 2 is 1.94 bits per heavy atom. The first kappa shape index (κ1) is 25.8. The molecule has 0 saturated carbocycles. The second-order valence-electron chi connectivity index (χ2n) is 6.71. The fourth-order valence-corrected chi connectivity index (χ4v) is 4.67. The highest BCUT2D eigenvalue weighted by atomic mass is 35.5. The second-order valence-corrected chi connectivity index (χ2v) is 8.51. The van der Waals surface area contributed by atoms with Crippen LogP contribution in [0.5, 0.6) is 5.75 Å². The monoisotopic (exact) mass is 499 g/mol. The molecular formula is C21H23Cl2N3O5S. The van der Waals surface area contributed by atoms with E-state index in [2.05, 4.69) is 16.7 Å². The number of allylic oxidation sites excluding steroid dienone is 1.